The zero-order chi connectivity index (χ0) is 12.3. The molecule has 17 heavy (non-hydrogen) atoms. The average Bonchev–Trinajstić information content (AvgIpc) is 2.78. The van der Waals surface area contributed by atoms with E-state index >= 15 is 0 Å². The van der Waals surface area contributed by atoms with Gasteiger partial charge in [0.2, 0.25) is 0 Å². The second kappa shape index (κ2) is 5.05. The average molecular weight is 246 g/mol. The summed E-state index contributed by atoms with van der Waals surface area (Å²) in [6.07, 6.45) is 7.36. The van der Waals surface area contributed by atoms with E-state index < -0.39 is 0 Å². The van der Waals surface area contributed by atoms with Crippen molar-refractivity contribution in [2.24, 2.45) is 5.73 Å². The van der Waals surface area contributed by atoms with Crippen molar-refractivity contribution in [3.8, 4) is 5.82 Å². The first-order valence-corrected chi connectivity index (χ1v) is 5.91. The first kappa shape index (κ1) is 11.7. The number of nitrogens with zero attached hydrogens (tertiary/aromatic N) is 3. The summed E-state index contributed by atoms with van der Waals surface area (Å²) < 4.78 is 1.96. The van der Waals surface area contributed by atoms with Gasteiger partial charge in [-0.3, -0.25) is 4.57 Å². The molecular weight excluding hydrogens is 232 g/mol. The van der Waals surface area contributed by atoms with Gasteiger partial charge in [-0.15, -0.1) is 0 Å². The van der Waals surface area contributed by atoms with Gasteiger partial charge in [0.05, 0.1) is 0 Å². The molecule has 4 nitrogen and oxygen atoms in total. The molecule has 0 aliphatic heterocycles. The highest BCUT2D eigenvalue weighted by Crippen LogP contribution is 2.11. The van der Waals surface area contributed by atoms with Crippen LogP contribution < -0.4 is 5.73 Å². The molecule has 0 aliphatic carbocycles. The van der Waals surface area contributed by atoms with Crippen LogP contribution in [0.4, 0.5) is 0 Å². The summed E-state index contributed by atoms with van der Waals surface area (Å²) in [5.41, 5.74) is 6.43. The summed E-state index contributed by atoms with van der Waals surface area (Å²) in [6.45, 7) is 2.12. The molecule has 0 aliphatic rings. The van der Waals surface area contributed by atoms with Crippen molar-refractivity contribution in [3.63, 3.8) is 0 Å². The fraction of sp³-hybridized carbons (Fsp3) is 0.250. The van der Waals surface area contributed by atoms with Crippen molar-refractivity contribution in [2.45, 2.75) is 19.8 Å². The molecule has 5 heteroatoms. The van der Waals surface area contributed by atoms with E-state index in [9.17, 15) is 0 Å². The Morgan fingerprint density at radius 2 is 2.24 bits per heavy atom. The van der Waals surface area contributed by atoms with Crippen LogP contribution in [0, 0.1) is 0 Å². The first-order chi connectivity index (χ1) is 8.22. The van der Waals surface area contributed by atoms with Crippen molar-refractivity contribution in [3.05, 3.63) is 42.1 Å². The minimum absolute atomic E-state index is 0.380. The highest BCUT2D eigenvalue weighted by atomic mass is 32.1. The molecule has 2 rings (SSSR count). The van der Waals surface area contributed by atoms with E-state index in [-0.39, 0.29) is 0 Å². The van der Waals surface area contributed by atoms with Gasteiger partial charge in [-0.1, -0.05) is 19.1 Å². The topological polar surface area (TPSA) is 56.7 Å². The molecule has 2 N–H and O–H groups in total. The molecule has 0 spiro atoms. The predicted molar refractivity (Wildman–Crippen MR) is 71.2 cm³/mol. The van der Waals surface area contributed by atoms with Crippen LogP contribution in [0.25, 0.3) is 5.82 Å². The number of imidazole rings is 1. The molecule has 0 saturated carbocycles. The fourth-order valence-electron chi connectivity index (χ4n) is 1.65. The molecule has 0 aromatic carbocycles. The smallest absolute Gasteiger partial charge is 0.138 e. The van der Waals surface area contributed by atoms with E-state index in [0.717, 1.165) is 30.0 Å². The molecule has 88 valence electrons. The number of thiocarbonyl (C=S) groups is 1. The van der Waals surface area contributed by atoms with Crippen LogP contribution in [0.2, 0.25) is 0 Å². The zero-order valence-electron chi connectivity index (χ0n) is 9.63. The number of nitrogens with two attached hydrogens (primary N) is 1. The van der Waals surface area contributed by atoms with Crippen LogP contribution in [-0.4, -0.2) is 19.5 Å². The monoisotopic (exact) mass is 246 g/mol. The maximum absolute atomic E-state index is 5.61. The summed E-state index contributed by atoms with van der Waals surface area (Å²) in [6, 6.07) is 3.69. The quantitative estimate of drug-likeness (QED) is 0.837. The van der Waals surface area contributed by atoms with Gasteiger partial charge in [0.25, 0.3) is 0 Å². The Hall–Kier alpha value is -1.75. The molecule has 0 amide bonds. The molecule has 0 radical (unpaired) electrons. The van der Waals surface area contributed by atoms with Crippen molar-refractivity contribution >= 4 is 17.2 Å². The van der Waals surface area contributed by atoms with Gasteiger partial charge in [0, 0.05) is 30.6 Å². The van der Waals surface area contributed by atoms with Crippen LogP contribution in [0.3, 0.4) is 0 Å². The van der Waals surface area contributed by atoms with E-state index in [1.54, 1.807) is 12.4 Å². The highest BCUT2D eigenvalue weighted by molar-refractivity contribution is 7.80. The van der Waals surface area contributed by atoms with Gasteiger partial charge in [-0.25, -0.2) is 9.97 Å². The minimum Gasteiger partial charge on any atom is -0.389 e. The lowest BCUT2D eigenvalue weighted by Gasteiger charge is -2.07. The lowest BCUT2D eigenvalue weighted by molar-refractivity contribution is 0.798. The molecule has 2 heterocycles. The van der Waals surface area contributed by atoms with Crippen molar-refractivity contribution in [2.75, 3.05) is 0 Å². The Bertz CT molecular complexity index is 533. The summed E-state index contributed by atoms with van der Waals surface area (Å²) in [7, 11) is 0. The molecule has 0 fully saturated rings. The van der Waals surface area contributed by atoms with Gasteiger partial charge in [-0.05, 0) is 18.6 Å². The lowest BCUT2D eigenvalue weighted by Crippen LogP contribution is -2.11. The highest BCUT2D eigenvalue weighted by Gasteiger charge is 2.06. The zero-order valence-corrected chi connectivity index (χ0v) is 10.4. The van der Waals surface area contributed by atoms with Crippen LogP contribution in [0.1, 0.15) is 24.7 Å². The van der Waals surface area contributed by atoms with Crippen molar-refractivity contribution < 1.29 is 0 Å². The Morgan fingerprint density at radius 3 is 2.94 bits per heavy atom. The van der Waals surface area contributed by atoms with Gasteiger partial charge < -0.3 is 5.73 Å². The molecule has 2 aromatic rings. The second-order valence-corrected chi connectivity index (χ2v) is 4.17. The Balaban J connectivity index is 2.42. The lowest BCUT2D eigenvalue weighted by atomic mass is 10.2. The van der Waals surface area contributed by atoms with Gasteiger partial charge >= 0.3 is 0 Å². The van der Waals surface area contributed by atoms with E-state index in [2.05, 4.69) is 16.9 Å². The molecule has 0 atom stereocenters. The fourth-order valence-corrected chi connectivity index (χ4v) is 1.78. The number of hydrogen-bond acceptors (Lipinski definition) is 3. The van der Waals surface area contributed by atoms with Crippen LogP contribution in [0.5, 0.6) is 0 Å². The van der Waals surface area contributed by atoms with Crippen molar-refractivity contribution in [1.29, 1.82) is 0 Å². The van der Waals surface area contributed by atoms with E-state index in [1.165, 1.54) is 0 Å². The number of aromatic nitrogens is 3. The molecule has 2 aromatic heterocycles. The normalized spacial score (nSPS) is 10.4. The van der Waals surface area contributed by atoms with E-state index in [1.807, 2.05) is 22.9 Å². The summed E-state index contributed by atoms with van der Waals surface area (Å²) in [5.74, 6) is 1.80. The number of aryl methyl sites for hydroxylation is 1. The summed E-state index contributed by atoms with van der Waals surface area (Å²) in [4.78, 5) is 9.01. The first-order valence-electron chi connectivity index (χ1n) is 5.51. The third-order valence-corrected chi connectivity index (χ3v) is 2.70. The number of pyridine rings is 1. The Labute approximate surface area is 106 Å². The SMILES string of the molecule is CCCc1nccn1-c1cc(C(N)=S)ccn1. The van der Waals surface area contributed by atoms with Gasteiger partial charge in [0.15, 0.2) is 0 Å². The molecule has 0 bridgehead atoms. The predicted octanol–water partition coefficient (Wildman–Crippen LogP) is 1.85. The third kappa shape index (κ3) is 2.50. The van der Waals surface area contributed by atoms with Gasteiger partial charge in [-0.2, -0.15) is 0 Å². The van der Waals surface area contributed by atoms with Crippen LogP contribution in [0.15, 0.2) is 30.7 Å². The van der Waals surface area contributed by atoms with Crippen molar-refractivity contribution in [1.82, 2.24) is 14.5 Å². The molecule has 0 unspecified atom stereocenters. The second-order valence-electron chi connectivity index (χ2n) is 3.73. The maximum Gasteiger partial charge on any atom is 0.138 e. The number of rotatable bonds is 4. The third-order valence-electron chi connectivity index (χ3n) is 2.47. The number of hydrogen-bond donors (Lipinski definition) is 1. The van der Waals surface area contributed by atoms with Crippen LogP contribution in [-0.2, 0) is 6.42 Å². The summed E-state index contributed by atoms with van der Waals surface area (Å²) in [5, 5.41) is 0. The van der Waals surface area contributed by atoms with E-state index in [4.69, 9.17) is 18.0 Å². The minimum atomic E-state index is 0.380. The standard InChI is InChI=1S/C12H14N4S/c1-2-3-10-15-6-7-16(10)11-8-9(12(13)17)4-5-14-11/h4-8H,2-3H2,1H3,(H2,13,17). The largest absolute Gasteiger partial charge is 0.389 e. The van der Waals surface area contributed by atoms with Crippen LogP contribution >= 0.6 is 12.2 Å². The Morgan fingerprint density at radius 1 is 1.41 bits per heavy atom. The van der Waals surface area contributed by atoms with E-state index in [0.29, 0.717) is 4.99 Å². The molecular formula is C12H14N4S. The maximum atomic E-state index is 5.61. The van der Waals surface area contributed by atoms with Gasteiger partial charge in [0.1, 0.15) is 16.6 Å². The molecule has 0 saturated heterocycles. The summed E-state index contributed by atoms with van der Waals surface area (Å²) >= 11 is 4.96. The Kier molecular flexibility index (Phi) is 3.49.